The molecule has 0 bridgehead atoms. The maximum absolute atomic E-state index is 12.4. The number of esters is 1. The van der Waals surface area contributed by atoms with Crippen molar-refractivity contribution in [2.75, 3.05) is 25.5 Å². The third kappa shape index (κ3) is 4.94. The second-order valence-electron chi connectivity index (χ2n) is 5.98. The van der Waals surface area contributed by atoms with Crippen LogP contribution in [-0.2, 0) is 22.4 Å². The van der Waals surface area contributed by atoms with Gasteiger partial charge < -0.3 is 14.7 Å². The minimum absolute atomic E-state index is 0.0982. The topological polar surface area (TPSA) is 95.9 Å². The molecular weight excluding hydrogens is 344 g/mol. The number of carboxylic acids is 1. The van der Waals surface area contributed by atoms with E-state index in [1.807, 2.05) is 0 Å². The zero-order chi connectivity index (χ0) is 18.4. The van der Waals surface area contributed by atoms with Crippen molar-refractivity contribution >= 4 is 34.3 Å². The highest BCUT2D eigenvalue weighted by Crippen LogP contribution is 2.38. The summed E-state index contributed by atoms with van der Waals surface area (Å²) in [6.45, 7) is 2.12. The summed E-state index contributed by atoms with van der Waals surface area (Å²) in [5, 5.41) is 12.0. The highest BCUT2D eigenvalue weighted by atomic mass is 32.1. The van der Waals surface area contributed by atoms with Crippen molar-refractivity contribution in [3.8, 4) is 0 Å². The number of amides is 2. The van der Waals surface area contributed by atoms with Crippen molar-refractivity contribution in [3.63, 3.8) is 0 Å². The number of carbonyl (C=O) groups is 3. The van der Waals surface area contributed by atoms with Crippen molar-refractivity contribution in [1.82, 2.24) is 4.90 Å². The molecule has 1 aromatic heterocycles. The van der Waals surface area contributed by atoms with Gasteiger partial charge in [0, 0.05) is 18.5 Å². The Kier molecular flexibility index (Phi) is 6.81. The van der Waals surface area contributed by atoms with Gasteiger partial charge in [0.15, 0.2) is 0 Å². The first-order valence-electron chi connectivity index (χ1n) is 8.49. The summed E-state index contributed by atoms with van der Waals surface area (Å²) in [5.41, 5.74) is 1.45. The molecule has 1 aliphatic rings. The molecule has 1 aliphatic carbocycles. The average Bonchev–Trinajstić information content (AvgIpc) is 2.73. The van der Waals surface area contributed by atoms with Crippen molar-refractivity contribution < 1.29 is 24.2 Å². The van der Waals surface area contributed by atoms with Gasteiger partial charge in [-0.3, -0.25) is 10.1 Å². The maximum Gasteiger partial charge on any atom is 0.341 e. The molecule has 2 amide bonds. The molecule has 0 saturated carbocycles. The minimum Gasteiger partial charge on any atom is -0.481 e. The Morgan fingerprint density at radius 1 is 1.24 bits per heavy atom. The lowest BCUT2D eigenvalue weighted by Gasteiger charge is -2.17. The van der Waals surface area contributed by atoms with Gasteiger partial charge in [0.05, 0.1) is 18.6 Å². The molecule has 8 heteroatoms. The summed E-state index contributed by atoms with van der Waals surface area (Å²) in [4.78, 5) is 37.8. The monoisotopic (exact) mass is 368 g/mol. The molecular formula is C17H24N2O5S. The molecule has 138 valence electrons. The lowest BCUT2D eigenvalue weighted by molar-refractivity contribution is -0.137. The summed E-state index contributed by atoms with van der Waals surface area (Å²) in [5.74, 6) is -1.37. The molecule has 0 fully saturated rings. The highest BCUT2D eigenvalue weighted by molar-refractivity contribution is 7.17. The maximum atomic E-state index is 12.4. The summed E-state index contributed by atoms with van der Waals surface area (Å²) >= 11 is 1.42. The number of nitrogens with zero attached hydrogens (tertiary/aromatic N) is 1. The number of hydrogen-bond donors (Lipinski definition) is 2. The summed E-state index contributed by atoms with van der Waals surface area (Å²) in [6, 6.07) is -0.428. The second-order valence-corrected chi connectivity index (χ2v) is 7.09. The number of carboxylic acid groups (broad SMARTS) is 1. The number of nitrogens with one attached hydrogen (secondary N) is 1. The van der Waals surface area contributed by atoms with Gasteiger partial charge in [-0.25, -0.2) is 9.59 Å². The van der Waals surface area contributed by atoms with Crippen LogP contribution in [0.1, 0.15) is 53.4 Å². The molecule has 0 spiro atoms. The van der Waals surface area contributed by atoms with E-state index in [0.29, 0.717) is 10.6 Å². The first-order valence-corrected chi connectivity index (χ1v) is 9.31. The van der Waals surface area contributed by atoms with Crippen molar-refractivity contribution in [1.29, 1.82) is 0 Å². The minimum atomic E-state index is -0.963. The number of anilines is 1. The molecule has 1 aromatic rings. The molecule has 7 nitrogen and oxygen atoms in total. The number of carbonyl (C=O) groups excluding carboxylic acids is 2. The number of rotatable bonds is 6. The van der Waals surface area contributed by atoms with E-state index in [4.69, 9.17) is 9.84 Å². The Balaban J connectivity index is 2.22. The van der Waals surface area contributed by atoms with Crippen LogP contribution in [0.15, 0.2) is 0 Å². The van der Waals surface area contributed by atoms with Gasteiger partial charge in [0.2, 0.25) is 0 Å². The Morgan fingerprint density at radius 2 is 1.96 bits per heavy atom. The van der Waals surface area contributed by atoms with Crippen LogP contribution >= 0.6 is 11.3 Å². The predicted octanol–water partition coefficient (Wildman–Crippen LogP) is 3.13. The van der Waals surface area contributed by atoms with E-state index < -0.39 is 18.0 Å². The van der Waals surface area contributed by atoms with Crippen LogP contribution in [0.4, 0.5) is 9.80 Å². The first-order chi connectivity index (χ1) is 11.9. The Hall–Kier alpha value is -2.09. The third-order valence-corrected chi connectivity index (χ3v) is 5.34. The van der Waals surface area contributed by atoms with Gasteiger partial charge in [0.1, 0.15) is 5.00 Å². The number of thiophene rings is 1. The van der Waals surface area contributed by atoms with Gasteiger partial charge in [-0.05, 0) is 38.2 Å². The molecule has 0 atom stereocenters. The zero-order valence-corrected chi connectivity index (χ0v) is 15.4. The molecule has 0 radical (unpaired) electrons. The number of aryl methyl sites for hydroxylation is 1. The van der Waals surface area contributed by atoms with E-state index in [2.05, 4.69) is 5.32 Å². The molecule has 0 saturated heterocycles. The fraction of sp³-hybridized carbons (Fsp3) is 0.588. The van der Waals surface area contributed by atoms with E-state index in [1.54, 1.807) is 6.92 Å². The fourth-order valence-corrected chi connectivity index (χ4v) is 4.07. The van der Waals surface area contributed by atoms with Gasteiger partial charge >= 0.3 is 18.0 Å². The van der Waals surface area contributed by atoms with Crippen molar-refractivity contribution in [2.45, 2.75) is 45.4 Å². The Morgan fingerprint density at radius 3 is 2.64 bits per heavy atom. The number of urea groups is 1. The quantitative estimate of drug-likeness (QED) is 0.594. The molecule has 25 heavy (non-hydrogen) atoms. The van der Waals surface area contributed by atoms with E-state index in [1.165, 1.54) is 23.3 Å². The third-order valence-electron chi connectivity index (χ3n) is 4.13. The van der Waals surface area contributed by atoms with Crippen LogP contribution in [0, 0.1) is 0 Å². The van der Waals surface area contributed by atoms with Crippen LogP contribution < -0.4 is 5.32 Å². The highest BCUT2D eigenvalue weighted by Gasteiger charge is 2.27. The SMILES string of the molecule is CCOC(=O)c1c(NC(=O)N(C)CCC(=O)O)sc2c1CCCCC2. The first kappa shape index (κ1) is 19.2. The lowest BCUT2D eigenvalue weighted by atomic mass is 10.1. The molecule has 1 heterocycles. The van der Waals surface area contributed by atoms with Crippen LogP contribution in [0.3, 0.4) is 0 Å². The number of fused-ring (bicyclic) bond motifs is 1. The number of hydrogen-bond acceptors (Lipinski definition) is 5. The number of ether oxygens (including phenoxy) is 1. The largest absolute Gasteiger partial charge is 0.481 e. The molecule has 0 unspecified atom stereocenters. The summed E-state index contributed by atoms with van der Waals surface area (Å²) in [7, 11) is 1.53. The van der Waals surface area contributed by atoms with E-state index >= 15 is 0 Å². The lowest BCUT2D eigenvalue weighted by Crippen LogP contribution is -2.33. The molecule has 0 aromatic carbocycles. The molecule has 2 N–H and O–H groups in total. The van der Waals surface area contributed by atoms with E-state index in [9.17, 15) is 14.4 Å². The zero-order valence-electron chi connectivity index (χ0n) is 14.6. The number of aliphatic carboxylic acids is 1. The van der Waals surface area contributed by atoms with E-state index in [0.717, 1.165) is 42.5 Å². The summed E-state index contributed by atoms with van der Waals surface area (Å²) in [6.07, 6.45) is 4.80. The van der Waals surface area contributed by atoms with Crippen molar-refractivity contribution in [2.24, 2.45) is 0 Å². The van der Waals surface area contributed by atoms with Gasteiger partial charge in [-0.1, -0.05) is 6.42 Å². The smallest absolute Gasteiger partial charge is 0.341 e. The van der Waals surface area contributed by atoms with Crippen LogP contribution in [0.5, 0.6) is 0 Å². The Labute approximate surface area is 151 Å². The van der Waals surface area contributed by atoms with Crippen LogP contribution in [0.25, 0.3) is 0 Å². The van der Waals surface area contributed by atoms with Crippen LogP contribution in [-0.4, -0.2) is 48.2 Å². The van der Waals surface area contributed by atoms with E-state index in [-0.39, 0.29) is 19.6 Å². The summed E-state index contributed by atoms with van der Waals surface area (Å²) < 4.78 is 5.18. The van der Waals surface area contributed by atoms with Crippen LogP contribution in [0.2, 0.25) is 0 Å². The molecule has 0 aliphatic heterocycles. The standard InChI is InChI=1S/C17H24N2O5S/c1-3-24-16(22)14-11-7-5-4-6-8-12(11)25-15(14)18-17(23)19(2)10-9-13(20)21/h3-10H2,1-2H3,(H,18,23)(H,20,21). The van der Waals surface area contributed by atoms with Gasteiger partial charge in [-0.2, -0.15) is 0 Å². The predicted molar refractivity (Wildman–Crippen MR) is 95.4 cm³/mol. The van der Waals surface area contributed by atoms with Gasteiger partial charge in [-0.15, -0.1) is 11.3 Å². The average molecular weight is 368 g/mol. The van der Waals surface area contributed by atoms with Gasteiger partial charge in [0.25, 0.3) is 0 Å². The normalized spacial score (nSPS) is 13.5. The fourth-order valence-electron chi connectivity index (χ4n) is 2.81. The Bertz CT molecular complexity index is 656. The van der Waals surface area contributed by atoms with Crippen molar-refractivity contribution in [3.05, 3.63) is 16.0 Å². The second kappa shape index (κ2) is 8.84. The molecule has 2 rings (SSSR count).